The van der Waals surface area contributed by atoms with Crippen LogP contribution in [-0.2, 0) is 18.3 Å². The normalized spacial score (nSPS) is 11.8. The van der Waals surface area contributed by atoms with Gasteiger partial charge in [0.1, 0.15) is 11.5 Å². The second-order valence-corrected chi connectivity index (χ2v) is 7.61. The molecular weight excluding hydrogens is 425 g/mol. The lowest BCUT2D eigenvalue weighted by Crippen LogP contribution is -2.35. The Morgan fingerprint density at radius 2 is 1.87 bits per heavy atom. The molecule has 0 saturated heterocycles. The first-order valence-electron chi connectivity index (χ1n) is 9.31. The van der Waals surface area contributed by atoms with Gasteiger partial charge >= 0.3 is 0 Å². The lowest BCUT2D eigenvalue weighted by Gasteiger charge is -2.30. The fraction of sp³-hybridized carbons (Fsp3) is 0.273. The van der Waals surface area contributed by atoms with Crippen LogP contribution in [0.4, 0.5) is 5.69 Å². The second-order valence-electron chi connectivity index (χ2n) is 6.80. The maximum absolute atomic E-state index is 13.5. The van der Waals surface area contributed by atoms with Crippen molar-refractivity contribution in [3.63, 3.8) is 0 Å². The number of aryl methyl sites for hydroxylation is 1. The molecule has 0 spiro atoms. The first-order chi connectivity index (χ1) is 14.3. The zero-order chi connectivity index (χ0) is 21.8. The third-order valence-corrected chi connectivity index (χ3v) is 5.61. The van der Waals surface area contributed by atoms with Crippen molar-refractivity contribution in [1.29, 1.82) is 0 Å². The van der Waals surface area contributed by atoms with E-state index in [0.717, 1.165) is 5.56 Å². The van der Waals surface area contributed by atoms with E-state index in [-0.39, 0.29) is 18.4 Å². The van der Waals surface area contributed by atoms with Gasteiger partial charge in [0.05, 0.1) is 38.6 Å². The summed E-state index contributed by atoms with van der Waals surface area (Å²) in [5.74, 6) is 1.15. The molecule has 0 saturated carbocycles. The van der Waals surface area contributed by atoms with Crippen molar-refractivity contribution in [3.8, 4) is 11.5 Å². The van der Waals surface area contributed by atoms with Crippen LogP contribution in [0.3, 0.4) is 0 Å². The lowest BCUT2D eigenvalue weighted by molar-refractivity contribution is -0.118. The Hall–Kier alpha value is -2.70. The van der Waals surface area contributed by atoms with Crippen molar-refractivity contribution in [2.24, 2.45) is 7.05 Å². The van der Waals surface area contributed by atoms with Crippen molar-refractivity contribution < 1.29 is 14.3 Å². The first kappa shape index (κ1) is 22.0. The predicted molar refractivity (Wildman–Crippen MR) is 119 cm³/mol. The average Bonchev–Trinajstić information content (AvgIpc) is 3.16. The third-order valence-electron chi connectivity index (χ3n) is 4.90. The number of amides is 1. The molecule has 1 atom stereocenters. The molecular formula is C22H23Cl2N3O3. The first-order valence-corrected chi connectivity index (χ1v) is 10.1. The summed E-state index contributed by atoms with van der Waals surface area (Å²) < 4.78 is 12.6. The zero-order valence-electron chi connectivity index (χ0n) is 17.2. The number of hydrogen-bond donors (Lipinski definition) is 0. The second kappa shape index (κ2) is 9.41. The highest BCUT2D eigenvalue weighted by Gasteiger charge is 2.28. The number of carbonyl (C=O) groups is 1. The fourth-order valence-corrected chi connectivity index (χ4v) is 3.89. The molecule has 3 rings (SSSR count). The van der Waals surface area contributed by atoms with Crippen molar-refractivity contribution in [2.75, 3.05) is 19.1 Å². The monoisotopic (exact) mass is 447 g/mol. The van der Waals surface area contributed by atoms with Crippen LogP contribution in [0.2, 0.25) is 10.0 Å². The standard InChI is InChI=1S/C22H23Cl2N3O3/c1-14(17-10-16(29-3)8-9-21(17)30-4)27(15-12-25-26(2)13-15)22(28)11-18-19(23)6-5-7-20(18)24/h5-10,12-14H,11H2,1-4H3/t14-/m0/s1. The molecule has 0 bridgehead atoms. The fourth-order valence-electron chi connectivity index (χ4n) is 3.36. The van der Waals surface area contributed by atoms with E-state index in [1.807, 2.05) is 25.1 Å². The van der Waals surface area contributed by atoms with E-state index in [9.17, 15) is 4.79 Å². The summed E-state index contributed by atoms with van der Waals surface area (Å²) in [4.78, 5) is 15.2. The van der Waals surface area contributed by atoms with Gasteiger partial charge in [0.15, 0.2) is 0 Å². The zero-order valence-corrected chi connectivity index (χ0v) is 18.7. The summed E-state index contributed by atoms with van der Waals surface area (Å²) in [6.07, 6.45) is 3.48. The summed E-state index contributed by atoms with van der Waals surface area (Å²) in [5, 5.41) is 5.13. The van der Waals surface area contributed by atoms with Crippen molar-refractivity contribution in [3.05, 3.63) is 70.0 Å². The largest absolute Gasteiger partial charge is 0.497 e. The molecule has 6 nitrogen and oxygen atoms in total. The molecule has 3 aromatic rings. The molecule has 0 radical (unpaired) electrons. The van der Waals surface area contributed by atoms with Crippen molar-refractivity contribution in [2.45, 2.75) is 19.4 Å². The van der Waals surface area contributed by atoms with Crippen LogP contribution < -0.4 is 14.4 Å². The van der Waals surface area contributed by atoms with Gasteiger partial charge in [-0.05, 0) is 42.8 Å². The Kier molecular flexibility index (Phi) is 6.90. The van der Waals surface area contributed by atoms with Gasteiger partial charge in [0.2, 0.25) is 5.91 Å². The predicted octanol–water partition coefficient (Wildman–Crippen LogP) is 5.08. The molecule has 0 aliphatic rings. The molecule has 0 aliphatic carbocycles. The Morgan fingerprint density at radius 1 is 1.17 bits per heavy atom. The van der Waals surface area contributed by atoms with E-state index in [2.05, 4.69) is 5.10 Å². The number of nitrogens with zero attached hydrogens (tertiary/aromatic N) is 3. The molecule has 0 aliphatic heterocycles. The van der Waals surface area contributed by atoms with Crippen LogP contribution in [0.5, 0.6) is 11.5 Å². The van der Waals surface area contributed by atoms with E-state index in [1.54, 1.807) is 61.4 Å². The molecule has 0 fully saturated rings. The highest BCUT2D eigenvalue weighted by molar-refractivity contribution is 6.36. The van der Waals surface area contributed by atoms with Gasteiger partial charge in [-0.3, -0.25) is 9.48 Å². The van der Waals surface area contributed by atoms with E-state index in [0.29, 0.717) is 32.8 Å². The number of halogens is 2. The molecule has 1 heterocycles. The molecule has 2 aromatic carbocycles. The minimum Gasteiger partial charge on any atom is -0.497 e. The van der Waals surface area contributed by atoms with Crippen molar-refractivity contribution >= 4 is 34.8 Å². The van der Waals surface area contributed by atoms with E-state index >= 15 is 0 Å². The maximum Gasteiger partial charge on any atom is 0.232 e. The number of benzene rings is 2. The molecule has 158 valence electrons. The van der Waals surface area contributed by atoms with Crippen LogP contribution in [0.15, 0.2) is 48.8 Å². The Labute approximate surface area is 185 Å². The Bertz CT molecular complexity index is 1030. The highest BCUT2D eigenvalue weighted by Crippen LogP contribution is 2.36. The summed E-state index contributed by atoms with van der Waals surface area (Å²) in [6, 6.07) is 10.3. The molecule has 30 heavy (non-hydrogen) atoms. The van der Waals surface area contributed by atoms with Gasteiger partial charge in [-0.1, -0.05) is 29.3 Å². The number of hydrogen-bond acceptors (Lipinski definition) is 4. The van der Waals surface area contributed by atoms with Crippen LogP contribution >= 0.6 is 23.2 Å². The summed E-state index contributed by atoms with van der Waals surface area (Å²) in [6.45, 7) is 1.93. The van der Waals surface area contributed by atoms with Gasteiger partial charge in [0, 0.05) is 28.9 Å². The van der Waals surface area contributed by atoms with Crippen LogP contribution in [0.25, 0.3) is 0 Å². The maximum atomic E-state index is 13.5. The summed E-state index contributed by atoms with van der Waals surface area (Å²) >= 11 is 12.6. The van der Waals surface area contributed by atoms with E-state index < -0.39 is 0 Å². The molecule has 0 N–H and O–H groups in total. The Balaban J connectivity index is 2.04. The highest BCUT2D eigenvalue weighted by atomic mass is 35.5. The SMILES string of the molecule is COc1ccc(OC)c([C@H](C)N(C(=O)Cc2c(Cl)cccc2Cl)c2cnn(C)c2)c1. The lowest BCUT2D eigenvalue weighted by atomic mass is 10.0. The average molecular weight is 448 g/mol. The van der Waals surface area contributed by atoms with E-state index in [1.165, 1.54) is 0 Å². The summed E-state index contributed by atoms with van der Waals surface area (Å²) in [7, 11) is 4.99. The minimum absolute atomic E-state index is 0.0457. The molecule has 1 amide bonds. The number of rotatable bonds is 7. The number of carbonyl (C=O) groups excluding carboxylic acids is 1. The van der Waals surface area contributed by atoms with Crippen LogP contribution in [-0.4, -0.2) is 29.9 Å². The van der Waals surface area contributed by atoms with Gasteiger partial charge in [-0.25, -0.2) is 0 Å². The number of methoxy groups -OCH3 is 2. The van der Waals surface area contributed by atoms with Gasteiger partial charge in [0.25, 0.3) is 0 Å². The van der Waals surface area contributed by atoms with Crippen LogP contribution in [0, 0.1) is 0 Å². The van der Waals surface area contributed by atoms with Crippen LogP contribution in [0.1, 0.15) is 24.1 Å². The van der Waals surface area contributed by atoms with Gasteiger partial charge in [-0.2, -0.15) is 5.10 Å². The smallest absolute Gasteiger partial charge is 0.232 e. The number of anilines is 1. The molecule has 1 aromatic heterocycles. The quantitative estimate of drug-likeness (QED) is 0.506. The van der Waals surface area contributed by atoms with Gasteiger partial charge in [-0.15, -0.1) is 0 Å². The van der Waals surface area contributed by atoms with Crippen molar-refractivity contribution in [1.82, 2.24) is 9.78 Å². The van der Waals surface area contributed by atoms with Gasteiger partial charge < -0.3 is 14.4 Å². The summed E-state index contributed by atoms with van der Waals surface area (Å²) in [5.41, 5.74) is 2.05. The number of ether oxygens (including phenoxy) is 2. The molecule has 8 heteroatoms. The Morgan fingerprint density at radius 3 is 2.43 bits per heavy atom. The molecule has 0 unspecified atom stereocenters. The number of aromatic nitrogens is 2. The third kappa shape index (κ3) is 4.55. The van der Waals surface area contributed by atoms with E-state index in [4.69, 9.17) is 32.7 Å². The minimum atomic E-state index is -0.368. The topological polar surface area (TPSA) is 56.6 Å².